The predicted octanol–water partition coefficient (Wildman–Crippen LogP) is 2.64. The summed E-state index contributed by atoms with van der Waals surface area (Å²) in [5.74, 6) is 4.94. The van der Waals surface area contributed by atoms with Crippen LogP contribution in [-0.2, 0) is 0 Å². The summed E-state index contributed by atoms with van der Waals surface area (Å²) in [5, 5.41) is 1.84. The molecule has 1 amide bonds. The number of benzene rings is 1. The van der Waals surface area contributed by atoms with E-state index in [1.165, 1.54) is 5.56 Å². The molecule has 0 aliphatic heterocycles. The second-order valence-corrected chi connectivity index (χ2v) is 5.00. The smallest absolute Gasteiger partial charge is 0.266 e. The van der Waals surface area contributed by atoms with Crippen molar-refractivity contribution >= 4 is 17.2 Å². The summed E-state index contributed by atoms with van der Waals surface area (Å²) in [7, 11) is 0. The first kappa shape index (κ1) is 11.8. The molecule has 0 aliphatic carbocycles. The van der Waals surface area contributed by atoms with E-state index in [0.29, 0.717) is 5.56 Å². The summed E-state index contributed by atoms with van der Waals surface area (Å²) in [5.41, 5.74) is 6.04. The monoisotopic (exact) mass is 246 g/mol. The maximum Gasteiger partial charge on any atom is 0.266 e. The summed E-state index contributed by atoms with van der Waals surface area (Å²) in [6.45, 7) is 4.05. The highest BCUT2D eigenvalue weighted by atomic mass is 32.1. The Labute approximate surface area is 104 Å². The minimum Gasteiger partial charge on any atom is -0.290 e. The highest BCUT2D eigenvalue weighted by Crippen LogP contribution is 2.32. The number of carbonyl (C=O) groups is 1. The van der Waals surface area contributed by atoms with Gasteiger partial charge in [0.2, 0.25) is 0 Å². The van der Waals surface area contributed by atoms with E-state index in [1.54, 1.807) is 11.3 Å². The number of hydrogen-bond acceptors (Lipinski definition) is 3. The number of nitrogens with one attached hydrogen (secondary N) is 1. The number of nitrogen functional groups attached to an aromatic ring is 1. The Hall–Kier alpha value is -1.65. The van der Waals surface area contributed by atoms with E-state index in [9.17, 15) is 4.79 Å². The van der Waals surface area contributed by atoms with Crippen molar-refractivity contribution in [1.29, 1.82) is 0 Å². The Balaban J connectivity index is 2.54. The average molecular weight is 246 g/mol. The van der Waals surface area contributed by atoms with E-state index in [2.05, 4.69) is 5.43 Å². The van der Waals surface area contributed by atoms with Gasteiger partial charge in [-0.2, -0.15) is 0 Å². The van der Waals surface area contributed by atoms with Crippen LogP contribution in [0.3, 0.4) is 0 Å². The second-order valence-electron chi connectivity index (χ2n) is 3.92. The fourth-order valence-corrected chi connectivity index (χ4v) is 2.64. The van der Waals surface area contributed by atoms with Crippen LogP contribution in [0.15, 0.2) is 29.6 Å². The molecule has 3 N–H and O–H groups in total. The standard InChI is InChI=1S/C13H14N2OS/c1-8-3-5-10(6-4-8)12-9(2)17-7-11(12)13(16)15-14/h3-7H,14H2,1-2H3,(H,15,16). The Morgan fingerprint density at radius 1 is 1.24 bits per heavy atom. The van der Waals surface area contributed by atoms with Gasteiger partial charge in [-0.3, -0.25) is 10.2 Å². The minimum absolute atomic E-state index is 0.245. The van der Waals surface area contributed by atoms with Crippen LogP contribution in [0.4, 0.5) is 0 Å². The summed E-state index contributed by atoms with van der Waals surface area (Å²) < 4.78 is 0. The van der Waals surface area contributed by atoms with Gasteiger partial charge in [-0.15, -0.1) is 11.3 Å². The van der Waals surface area contributed by atoms with E-state index < -0.39 is 0 Å². The number of hydrazine groups is 1. The highest BCUT2D eigenvalue weighted by Gasteiger charge is 2.16. The quantitative estimate of drug-likeness (QED) is 0.486. The highest BCUT2D eigenvalue weighted by molar-refractivity contribution is 7.10. The molecule has 0 saturated carbocycles. The van der Waals surface area contributed by atoms with E-state index in [-0.39, 0.29) is 5.91 Å². The topological polar surface area (TPSA) is 55.1 Å². The summed E-state index contributed by atoms with van der Waals surface area (Å²) in [6, 6.07) is 8.13. The van der Waals surface area contributed by atoms with E-state index in [4.69, 9.17) is 5.84 Å². The molecule has 3 nitrogen and oxygen atoms in total. The molecule has 1 heterocycles. The van der Waals surface area contributed by atoms with Crippen molar-refractivity contribution in [2.45, 2.75) is 13.8 Å². The Bertz CT molecular complexity index is 543. The third kappa shape index (κ3) is 2.23. The zero-order valence-corrected chi connectivity index (χ0v) is 10.6. The maximum atomic E-state index is 11.7. The molecule has 0 fully saturated rings. The lowest BCUT2D eigenvalue weighted by Gasteiger charge is -2.05. The zero-order valence-electron chi connectivity index (χ0n) is 9.78. The van der Waals surface area contributed by atoms with Gasteiger partial charge in [-0.05, 0) is 19.4 Å². The Kier molecular flexibility index (Phi) is 3.26. The number of aryl methyl sites for hydroxylation is 2. The number of thiophene rings is 1. The van der Waals surface area contributed by atoms with Crippen LogP contribution in [0, 0.1) is 13.8 Å². The molecule has 88 valence electrons. The van der Waals surface area contributed by atoms with Gasteiger partial charge in [0.1, 0.15) is 0 Å². The van der Waals surface area contributed by atoms with Gasteiger partial charge in [0, 0.05) is 15.8 Å². The molecule has 0 bridgehead atoms. The van der Waals surface area contributed by atoms with Crippen molar-refractivity contribution in [1.82, 2.24) is 5.43 Å². The van der Waals surface area contributed by atoms with Crippen LogP contribution in [0.5, 0.6) is 0 Å². The van der Waals surface area contributed by atoms with Crippen LogP contribution in [0.2, 0.25) is 0 Å². The third-order valence-corrected chi connectivity index (χ3v) is 3.60. The molecule has 1 aromatic carbocycles. The largest absolute Gasteiger partial charge is 0.290 e. The van der Waals surface area contributed by atoms with Gasteiger partial charge in [0.15, 0.2) is 0 Å². The van der Waals surface area contributed by atoms with Crippen molar-refractivity contribution in [2.24, 2.45) is 5.84 Å². The molecule has 0 aliphatic rings. The number of rotatable bonds is 2. The zero-order chi connectivity index (χ0) is 12.4. The van der Waals surface area contributed by atoms with E-state index in [1.807, 2.05) is 43.5 Å². The van der Waals surface area contributed by atoms with Gasteiger partial charge in [-0.1, -0.05) is 29.8 Å². The Morgan fingerprint density at radius 3 is 2.47 bits per heavy atom. The SMILES string of the molecule is Cc1ccc(-c2c(C(=O)NN)csc2C)cc1. The molecule has 0 unspecified atom stereocenters. The molecule has 17 heavy (non-hydrogen) atoms. The molecule has 0 radical (unpaired) electrons. The summed E-state index contributed by atoms with van der Waals surface area (Å²) >= 11 is 1.56. The van der Waals surface area contributed by atoms with Crippen LogP contribution < -0.4 is 11.3 Å². The van der Waals surface area contributed by atoms with Gasteiger partial charge < -0.3 is 0 Å². The molecule has 0 atom stereocenters. The minimum atomic E-state index is -0.245. The van der Waals surface area contributed by atoms with Crippen molar-refractivity contribution in [2.75, 3.05) is 0 Å². The van der Waals surface area contributed by atoms with E-state index in [0.717, 1.165) is 16.0 Å². The van der Waals surface area contributed by atoms with Crippen molar-refractivity contribution in [3.05, 3.63) is 45.6 Å². The molecular weight excluding hydrogens is 232 g/mol. The maximum absolute atomic E-state index is 11.7. The molecule has 2 rings (SSSR count). The normalized spacial score (nSPS) is 10.3. The molecule has 0 saturated heterocycles. The molecular formula is C13H14N2OS. The van der Waals surface area contributed by atoms with E-state index >= 15 is 0 Å². The molecule has 2 aromatic rings. The first-order valence-electron chi connectivity index (χ1n) is 5.29. The lowest BCUT2D eigenvalue weighted by atomic mass is 10.0. The van der Waals surface area contributed by atoms with Crippen molar-refractivity contribution in [3.63, 3.8) is 0 Å². The van der Waals surface area contributed by atoms with Crippen LogP contribution in [-0.4, -0.2) is 5.91 Å². The number of carbonyl (C=O) groups excluding carboxylic acids is 1. The average Bonchev–Trinajstić information content (AvgIpc) is 2.71. The number of amides is 1. The number of nitrogens with two attached hydrogens (primary N) is 1. The summed E-state index contributed by atoms with van der Waals surface area (Å²) in [6.07, 6.45) is 0. The molecule has 4 heteroatoms. The lowest BCUT2D eigenvalue weighted by Crippen LogP contribution is -2.30. The third-order valence-electron chi connectivity index (χ3n) is 2.69. The first-order chi connectivity index (χ1) is 8.13. The van der Waals surface area contributed by atoms with Crippen molar-refractivity contribution < 1.29 is 4.79 Å². The lowest BCUT2D eigenvalue weighted by molar-refractivity contribution is 0.0954. The fourth-order valence-electron chi connectivity index (χ4n) is 1.78. The van der Waals surface area contributed by atoms with Crippen LogP contribution in [0.25, 0.3) is 11.1 Å². The van der Waals surface area contributed by atoms with Gasteiger partial charge in [-0.25, -0.2) is 5.84 Å². The van der Waals surface area contributed by atoms with Gasteiger partial charge in [0.05, 0.1) is 5.56 Å². The Morgan fingerprint density at radius 2 is 1.88 bits per heavy atom. The predicted molar refractivity (Wildman–Crippen MR) is 70.9 cm³/mol. The van der Waals surface area contributed by atoms with Crippen LogP contribution in [0.1, 0.15) is 20.8 Å². The molecule has 0 spiro atoms. The summed E-state index contributed by atoms with van der Waals surface area (Å²) in [4.78, 5) is 12.8. The second kappa shape index (κ2) is 4.69. The van der Waals surface area contributed by atoms with Gasteiger partial charge in [0.25, 0.3) is 5.91 Å². The fraction of sp³-hybridized carbons (Fsp3) is 0.154. The molecule has 1 aromatic heterocycles. The van der Waals surface area contributed by atoms with Crippen LogP contribution >= 0.6 is 11.3 Å². The first-order valence-corrected chi connectivity index (χ1v) is 6.17. The number of hydrogen-bond donors (Lipinski definition) is 2. The van der Waals surface area contributed by atoms with Crippen molar-refractivity contribution in [3.8, 4) is 11.1 Å². The van der Waals surface area contributed by atoms with Gasteiger partial charge >= 0.3 is 0 Å².